The van der Waals surface area contributed by atoms with Crippen LogP contribution in [0.25, 0.3) is 28.8 Å². The summed E-state index contributed by atoms with van der Waals surface area (Å²) in [6.45, 7) is 3.43. The number of benzene rings is 1. The highest BCUT2D eigenvalue weighted by Crippen LogP contribution is 2.27. The van der Waals surface area contributed by atoms with E-state index in [2.05, 4.69) is 28.2 Å². The molecule has 3 aromatic heterocycles. The molecule has 0 saturated carbocycles. The Labute approximate surface area is 183 Å². The van der Waals surface area contributed by atoms with E-state index in [4.69, 9.17) is 11.6 Å². The lowest BCUT2D eigenvalue weighted by Gasteiger charge is -2.07. The van der Waals surface area contributed by atoms with Gasteiger partial charge in [0.25, 0.3) is 0 Å². The van der Waals surface area contributed by atoms with Crippen molar-refractivity contribution in [3.8, 4) is 17.2 Å². The van der Waals surface area contributed by atoms with Crippen LogP contribution in [0, 0.1) is 11.3 Å². The van der Waals surface area contributed by atoms with Gasteiger partial charge in [0, 0.05) is 36.1 Å². The summed E-state index contributed by atoms with van der Waals surface area (Å²) in [6, 6.07) is 9.50. The minimum atomic E-state index is -0.329. The lowest BCUT2D eigenvalue weighted by Crippen LogP contribution is -2.07. The topological polar surface area (TPSA) is 88.0 Å². The molecule has 0 atom stereocenters. The summed E-state index contributed by atoms with van der Waals surface area (Å²) >= 11 is 6.30. The van der Waals surface area contributed by atoms with Gasteiger partial charge in [0.2, 0.25) is 5.91 Å². The van der Waals surface area contributed by atoms with Crippen molar-refractivity contribution in [1.29, 1.82) is 5.26 Å². The third kappa shape index (κ3) is 4.10. The molecule has 7 nitrogen and oxygen atoms in total. The van der Waals surface area contributed by atoms with E-state index in [0.29, 0.717) is 21.8 Å². The third-order valence-corrected chi connectivity index (χ3v) is 5.00. The van der Waals surface area contributed by atoms with Crippen molar-refractivity contribution in [2.24, 2.45) is 7.05 Å². The van der Waals surface area contributed by atoms with Crippen molar-refractivity contribution in [1.82, 2.24) is 19.4 Å². The molecule has 8 heteroatoms. The molecule has 0 aliphatic carbocycles. The molecule has 152 valence electrons. The Morgan fingerprint density at radius 1 is 1.19 bits per heavy atom. The maximum Gasteiger partial charge on any atom is 0.247 e. The Balaban J connectivity index is 1.75. The van der Waals surface area contributed by atoms with Crippen LogP contribution in [0.2, 0.25) is 5.02 Å². The summed E-state index contributed by atoms with van der Waals surface area (Å²) in [5.41, 5.74) is 5.24. The summed E-state index contributed by atoms with van der Waals surface area (Å²) < 4.78 is 3.43. The molecule has 4 rings (SSSR count). The molecule has 0 radical (unpaired) electrons. The van der Waals surface area contributed by atoms with Crippen LogP contribution in [0.15, 0.2) is 61.7 Å². The zero-order valence-electron chi connectivity index (χ0n) is 16.6. The van der Waals surface area contributed by atoms with Crippen LogP contribution >= 0.6 is 11.6 Å². The van der Waals surface area contributed by atoms with E-state index < -0.39 is 0 Å². The van der Waals surface area contributed by atoms with Gasteiger partial charge in [-0.25, -0.2) is 4.52 Å². The van der Waals surface area contributed by atoms with Gasteiger partial charge in [0.15, 0.2) is 0 Å². The van der Waals surface area contributed by atoms with Gasteiger partial charge in [-0.1, -0.05) is 36.4 Å². The lowest BCUT2D eigenvalue weighted by molar-refractivity contribution is -0.111. The highest BCUT2D eigenvalue weighted by Gasteiger charge is 2.11. The predicted molar refractivity (Wildman–Crippen MR) is 121 cm³/mol. The van der Waals surface area contributed by atoms with Gasteiger partial charge in [0.05, 0.1) is 34.2 Å². The molecule has 0 spiro atoms. The first-order chi connectivity index (χ1) is 15.0. The van der Waals surface area contributed by atoms with Crippen LogP contribution in [-0.2, 0) is 11.8 Å². The fourth-order valence-electron chi connectivity index (χ4n) is 3.20. The number of nitriles is 1. The Bertz CT molecular complexity index is 1390. The summed E-state index contributed by atoms with van der Waals surface area (Å²) in [4.78, 5) is 11.5. The number of nitrogens with zero attached hydrogens (tertiary/aromatic N) is 5. The van der Waals surface area contributed by atoms with E-state index in [0.717, 1.165) is 22.3 Å². The number of aromatic nitrogens is 4. The van der Waals surface area contributed by atoms with Crippen molar-refractivity contribution in [2.45, 2.75) is 0 Å². The van der Waals surface area contributed by atoms with Gasteiger partial charge >= 0.3 is 0 Å². The number of aryl methyl sites for hydroxylation is 1. The fraction of sp³-hybridized carbons (Fsp3) is 0.0435. The molecule has 0 fully saturated rings. The second kappa shape index (κ2) is 8.30. The zero-order chi connectivity index (χ0) is 22.0. The molecular weight excluding hydrogens is 412 g/mol. The molecule has 1 N–H and O–H groups in total. The van der Waals surface area contributed by atoms with Gasteiger partial charge in [-0.2, -0.15) is 15.5 Å². The second-order valence-electron chi connectivity index (χ2n) is 6.82. The number of anilines is 1. The van der Waals surface area contributed by atoms with Gasteiger partial charge in [-0.15, -0.1) is 0 Å². The number of hydrogen-bond acceptors (Lipinski definition) is 4. The SMILES string of the molecule is C=CC(=O)Nc1ccc(/C=C/c2cc(-c3cnn(C)c3)cn3ncc(C#N)c23)cc1Cl. The third-order valence-electron chi connectivity index (χ3n) is 4.69. The van der Waals surface area contributed by atoms with Crippen LogP contribution < -0.4 is 5.32 Å². The van der Waals surface area contributed by atoms with Crippen LogP contribution in [0.1, 0.15) is 16.7 Å². The largest absolute Gasteiger partial charge is 0.321 e. The highest BCUT2D eigenvalue weighted by molar-refractivity contribution is 6.34. The minimum absolute atomic E-state index is 0.329. The van der Waals surface area contributed by atoms with Crippen LogP contribution in [0.3, 0.4) is 0 Å². The maximum atomic E-state index is 11.5. The molecule has 0 bridgehead atoms. The van der Waals surface area contributed by atoms with Gasteiger partial charge in [-0.3, -0.25) is 9.48 Å². The summed E-state index contributed by atoms with van der Waals surface area (Å²) in [7, 11) is 1.86. The van der Waals surface area contributed by atoms with Crippen LogP contribution in [-0.4, -0.2) is 25.3 Å². The summed E-state index contributed by atoms with van der Waals surface area (Å²) in [5, 5.41) is 21.1. The van der Waals surface area contributed by atoms with E-state index in [1.807, 2.05) is 43.7 Å². The number of halogens is 1. The lowest BCUT2D eigenvalue weighted by atomic mass is 10.0. The second-order valence-corrected chi connectivity index (χ2v) is 7.22. The zero-order valence-corrected chi connectivity index (χ0v) is 17.3. The number of nitrogens with one attached hydrogen (secondary N) is 1. The first-order valence-corrected chi connectivity index (χ1v) is 9.68. The number of pyridine rings is 1. The van der Waals surface area contributed by atoms with E-state index in [-0.39, 0.29) is 5.91 Å². The quantitative estimate of drug-likeness (QED) is 0.472. The van der Waals surface area contributed by atoms with Crippen molar-refractivity contribution in [2.75, 3.05) is 5.32 Å². The average molecular weight is 429 g/mol. The maximum absolute atomic E-state index is 11.5. The van der Waals surface area contributed by atoms with Crippen LogP contribution in [0.5, 0.6) is 0 Å². The fourth-order valence-corrected chi connectivity index (χ4v) is 3.43. The van der Waals surface area contributed by atoms with Crippen molar-refractivity contribution >= 4 is 40.9 Å². The van der Waals surface area contributed by atoms with Crippen molar-refractivity contribution in [3.63, 3.8) is 0 Å². The average Bonchev–Trinajstić information content (AvgIpc) is 3.39. The Kier molecular flexibility index (Phi) is 5.39. The minimum Gasteiger partial charge on any atom is -0.321 e. The molecule has 0 aliphatic heterocycles. The van der Waals surface area contributed by atoms with Gasteiger partial charge in [-0.05, 0) is 29.8 Å². The number of fused-ring (bicyclic) bond motifs is 1. The normalized spacial score (nSPS) is 11.0. The Morgan fingerprint density at radius 3 is 2.71 bits per heavy atom. The van der Waals surface area contributed by atoms with Crippen LogP contribution in [0.4, 0.5) is 5.69 Å². The standard InChI is InChI=1S/C23H17ClN6O/c1-3-22(31)28-21-7-5-15(8-20(21)24)4-6-16-9-17(19-12-26-29(2)13-19)14-30-23(16)18(10-25)11-27-30/h3-9,11-14H,1H2,2H3,(H,28,31)/b6-4+. The van der Waals surface area contributed by atoms with Gasteiger partial charge in [0.1, 0.15) is 6.07 Å². The molecule has 1 aromatic carbocycles. The molecule has 0 aliphatic rings. The molecule has 0 saturated heterocycles. The number of hydrogen-bond donors (Lipinski definition) is 1. The van der Waals surface area contributed by atoms with Crippen molar-refractivity contribution in [3.05, 3.63) is 83.4 Å². The molecule has 4 aromatic rings. The number of amides is 1. The molecule has 3 heterocycles. The molecule has 1 amide bonds. The van der Waals surface area contributed by atoms with E-state index in [9.17, 15) is 10.1 Å². The van der Waals surface area contributed by atoms with Gasteiger partial charge < -0.3 is 5.32 Å². The molecular formula is C23H17ClN6O. The molecule has 0 unspecified atom stereocenters. The molecule has 31 heavy (non-hydrogen) atoms. The predicted octanol–water partition coefficient (Wildman–Crippen LogP) is 4.55. The number of carbonyl (C=O) groups is 1. The number of carbonyl (C=O) groups excluding carboxylic acids is 1. The highest BCUT2D eigenvalue weighted by atomic mass is 35.5. The first-order valence-electron chi connectivity index (χ1n) is 9.30. The van der Waals surface area contributed by atoms with E-state index in [1.165, 1.54) is 6.08 Å². The first kappa shape index (κ1) is 20.1. The summed E-state index contributed by atoms with van der Waals surface area (Å²) in [6.07, 6.45) is 12.1. The monoisotopic (exact) mass is 428 g/mol. The Hall–Kier alpha value is -4.15. The van der Waals surface area contributed by atoms with Crippen molar-refractivity contribution < 1.29 is 4.79 Å². The van der Waals surface area contributed by atoms with E-state index in [1.54, 1.807) is 33.7 Å². The number of rotatable bonds is 5. The summed E-state index contributed by atoms with van der Waals surface area (Å²) in [5.74, 6) is -0.329. The smallest absolute Gasteiger partial charge is 0.247 e. The Morgan fingerprint density at radius 2 is 2.03 bits per heavy atom. The van der Waals surface area contributed by atoms with E-state index >= 15 is 0 Å².